The fraction of sp³-hybridized carbons (Fsp3) is 0.545. The largest absolute Gasteiger partial charge is 0.395 e. The van der Waals surface area contributed by atoms with E-state index in [2.05, 4.69) is 10.4 Å². The number of aromatic nitrogens is 2. The number of aliphatic hydroxyl groups excluding tert-OH is 1. The molecule has 0 bridgehead atoms. The van der Waals surface area contributed by atoms with E-state index in [1.165, 1.54) is 15.8 Å². The van der Waals surface area contributed by atoms with Crippen LogP contribution in [0.1, 0.15) is 6.42 Å². The third-order valence-corrected chi connectivity index (χ3v) is 2.45. The van der Waals surface area contributed by atoms with Gasteiger partial charge in [0.25, 0.3) is 0 Å². The van der Waals surface area contributed by atoms with Crippen LogP contribution in [0.2, 0.25) is 0 Å². The number of aliphatic hydroxyl groups is 1. The Morgan fingerprint density at radius 2 is 2.25 bits per heavy atom. The molecule has 1 aromatic heterocycles. The first-order valence-corrected chi connectivity index (χ1v) is 5.94. The minimum absolute atomic E-state index is 0. The van der Waals surface area contributed by atoms with Gasteiger partial charge in [0.1, 0.15) is 6.54 Å². The third-order valence-electron chi connectivity index (χ3n) is 2.45. The summed E-state index contributed by atoms with van der Waals surface area (Å²) in [5, 5.41) is 15.3. The van der Waals surface area contributed by atoms with Crippen LogP contribution in [-0.4, -0.2) is 58.3 Å². The Labute approximate surface area is 131 Å². The molecule has 0 aliphatic heterocycles. The van der Waals surface area contributed by atoms with Gasteiger partial charge in [-0.05, 0) is 0 Å². The Morgan fingerprint density at radius 3 is 2.85 bits per heavy atom. The number of nitrogens with two attached hydrogens (primary N) is 1. The molecule has 1 rings (SSSR count). The van der Waals surface area contributed by atoms with E-state index < -0.39 is 0 Å². The topological polar surface area (TPSA) is 113 Å². The van der Waals surface area contributed by atoms with Crippen molar-refractivity contribution >= 4 is 17.5 Å². The molecule has 0 fully saturated rings. The van der Waals surface area contributed by atoms with Gasteiger partial charge in [-0.15, -0.1) is 0 Å². The quantitative estimate of drug-likeness (QED) is 0.469. The van der Waals surface area contributed by atoms with Crippen LogP contribution in [0.5, 0.6) is 0 Å². The second kappa shape index (κ2) is 9.61. The zero-order valence-corrected chi connectivity index (χ0v) is 14.0. The first-order chi connectivity index (χ1) is 9.06. The van der Waals surface area contributed by atoms with E-state index in [4.69, 9.17) is 10.8 Å². The normalized spacial score (nSPS) is 9.75. The number of amides is 2. The number of carbonyl (C=O) groups excluding carboxylic acids is 2. The van der Waals surface area contributed by atoms with Gasteiger partial charge in [0.05, 0.1) is 18.5 Å². The van der Waals surface area contributed by atoms with Gasteiger partial charge in [-0.1, -0.05) is 0 Å². The molecule has 20 heavy (non-hydrogen) atoms. The predicted molar refractivity (Wildman–Crippen MR) is 69.3 cm³/mol. The van der Waals surface area contributed by atoms with E-state index in [1.54, 1.807) is 13.2 Å². The van der Waals surface area contributed by atoms with E-state index in [9.17, 15) is 9.59 Å². The van der Waals surface area contributed by atoms with Gasteiger partial charge >= 0.3 is 0 Å². The number of nitrogens with one attached hydrogen (secondary N) is 1. The molecule has 0 atom stereocenters. The summed E-state index contributed by atoms with van der Waals surface area (Å²) in [6, 6.07) is 0. The average Bonchev–Trinajstić information content (AvgIpc) is 2.77. The number of likely N-dealkylation sites (N-methyl/N-ethyl adjacent to an activating group) is 1. The van der Waals surface area contributed by atoms with E-state index in [0.29, 0.717) is 5.69 Å². The minimum Gasteiger partial charge on any atom is -0.395 e. The van der Waals surface area contributed by atoms with Gasteiger partial charge in [-0.2, -0.15) is 5.10 Å². The Morgan fingerprint density at radius 1 is 1.55 bits per heavy atom. The molecule has 0 aliphatic rings. The molecule has 1 heterocycles. The molecule has 8 nitrogen and oxygen atoms in total. The zero-order chi connectivity index (χ0) is 14.3. The van der Waals surface area contributed by atoms with Gasteiger partial charge in [0.15, 0.2) is 0 Å². The second-order valence-corrected chi connectivity index (χ2v) is 4.05. The Kier molecular flexibility index (Phi) is 9.00. The fourth-order valence-electron chi connectivity index (χ4n) is 1.40. The van der Waals surface area contributed by atoms with Gasteiger partial charge in [0, 0.05) is 53.2 Å². The predicted octanol–water partition coefficient (Wildman–Crippen LogP) is -1.38. The van der Waals surface area contributed by atoms with E-state index in [-0.39, 0.29) is 64.9 Å². The van der Waals surface area contributed by atoms with Crippen LogP contribution in [0.3, 0.4) is 0 Å². The van der Waals surface area contributed by atoms with E-state index in [1.807, 2.05) is 0 Å². The average molecular weight is 456 g/mol. The van der Waals surface area contributed by atoms with Crippen molar-refractivity contribution in [3.05, 3.63) is 12.4 Å². The van der Waals surface area contributed by atoms with Crippen molar-refractivity contribution < 1.29 is 35.1 Å². The van der Waals surface area contributed by atoms with Crippen molar-refractivity contribution in [1.29, 1.82) is 0 Å². The third kappa shape index (κ3) is 6.25. The van der Waals surface area contributed by atoms with Crippen molar-refractivity contribution in [2.45, 2.75) is 13.0 Å². The molecular formula is C11H19N5O3Re. The summed E-state index contributed by atoms with van der Waals surface area (Å²) in [6.07, 6.45) is 3.27. The zero-order valence-electron chi connectivity index (χ0n) is 11.3. The van der Waals surface area contributed by atoms with Gasteiger partial charge < -0.3 is 21.1 Å². The summed E-state index contributed by atoms with van der Waals surface area (Å²) in [4.78, 5) is 24.4. The van der Waals surface area contributed by atoms with Crippen LogP contribution < -0.4 is 11.1 Å². The molecule has 0 unspecified atom stereocenters. The Bertz CT molecular complexity index is 437. The summed E-state index contributed by atoms with van der Waals surface area (Å²) >= 11 is 0. The minimum atomic E-state index is -0.189. The van der Waals surface area contributed by atoms with Crippen molar-refractivity contribution in [2.75, 3.05) is 32.1 Å². The first kappa shape index (κ1) is 18.7. The second-order valence-electron chi connectivity index (χ2n) is 4.05. The first-order valence-electron chi connectivity index (χ1n) is 5.94. The van der Waals surface area contributed by atoms with Crippen LogP contribution in [0, 0.1) is 0 Å². The molecule has 0 saturated carbocycles. The molecule has 2 amide bonds. The summed E-state index contributed by atoms with van der Waals surface area (Å²) in [5.74, 6) is -0.359. The van der Waals surface area contributed by atoms with Crippen LogP contribution >= 0.6 is 0 Å². The summed E-state index contributed by atoms with van der Waals surface area (Å²) in [5.41, 5.74) is 5.79. The standard InChI is InChI=1S/C11H19N5O3.Re/c1-15(4-5-17)11(19)8-16-7-9(6-13-16)14-10(18)2-3-12;/h6-7,17H,2-5,8,12H2,1H3,(H,14,18);. The molecule has 0 spiro atoms. The molecule has 0 aromatic carbocycles. The van der Waals surface area contributed by atoms with Crippen LogP contribution in [0.15, 0.2) is 12.4 Å². The van der Waals surface area contributed by atoms with Crippen molar-refractivity contribution in [2.24, 2.45) is 5.73 Å². The molecular weight excluding hydrogens is 436 g/mol. The maximum absolute atomic E-state index is 11.7. The fourth-order valence-corrected chi connectivity index (χ4v) is 1.40. The molecule has 0 saturated heterocycles. The van der Waals surface area contributed by atoms with Gasteiger partial charge in [-0.3, -0.25) is 14.3 Å². The maximum Gasteiger partial charge on any atom is 0.244 e. The number of rotatable bonds is 7. The molecule has 113 valence electrons. The number of hydrogen-bond acceptors (Lipinski definition) is 5. The van der Waals surface area contributed by atoms with Crippen LogP contribution in [0.4, 0.5) is 5.69 Å². The SMILES string of the molecule is CN(CCO)C(=O)Cn1cc(NC(=O)CCN)cn1.[Re]. The van der Waals surface area contributed by atoms with Crippen molar-refractivity contribution in [3.63, 3.8) is 0 Å². The number of carbonyl (C=O) groups is 2. The molecule has 1 radical (unpaired) electrons. The van der Waals surface area contributed by atoms with Gasteiger partial charge in [0.2, 0.25) is 11.8 Å². The van der Waals surface area contributed by atoms with E-state index in [0.717, 1.165) is 0 Å². The Balaban J connectivity index is 0.00000361. The van der Waals surface area contributed by atoms with Crippen LogP contribution in [0.25, 0.3) is 0 Å². The molecule has 0 aliphatic carbocycles. The number of nitrogens with zero attached hydrogens (tertiary/aromatic N) is 3. The number of anilines is 1. The summed E-state index contributed by atoms with van der Waals surface area (Å²) < 4.78 is 1.42. The maximum atomic E-state index is 11.7. The summed E-state index contributed by atoms with van der Waals surface area (Å²) in [6.45, 7) is 0.537. The molecule has 1 aromatic rings. The summed E-state index contributed by atoms with van der Waals surface area (Å²) in [7, 11) is 1.60. The molecule has 4 N–H and O–H groups in total. The Hall–Kier alpha value is -1.27. The smallest absolute Gasteiger partial charge is 0.244 e. The van der Waals surface area contributed by atoms with Gasteiger partial charge in [-0.25, -0.2) is 0 Å². The van der Waals surface area contributed by atoms with E-state index >= 15 is 0 Å². The van der Waals surface area contributed by atoms with Crippen LogP contribution in [-0.2, 0) is 36.6 Å². The monoisotopic (exact) mass is 456 g/mol. The number of hydrogen-bond donors (Lipinski definition) is 3. The van der Waals surface area contributed by atoms with Crippen molar-refractivity contribution in [3.8, 4) is 0 Å². The van der Waals surface area contributed by atoms with Crippen molar-refractivity contribution in [1.82, 2.24) is 14.7 Å². The molecule has 9 heteroatoms.